The molecule has 23 heavy (non-hydrogen) atoms. The Hall–Kier alpha value is -2.83. The van der Waals surface area contributed by atoms with Crippen molar-refractivity contribution in [3.05, 3.63) is 58.4 Å². The lowest BCUT2D eigenvalue weighted by Gasteiger charge is -2.37. The fourth-order valence-corrected chi connectivity index (χ4v) is 2.77. The summed E-state index contributed by atoms with van der Waals surface area (Å²) in [6.07, 6.45) is 0. The van der Waals surface area contributed by atoms with Crippen molar-refractivity contribution in [1.29, 1.82) is 0 Å². The van der Waals surface area contributed by atoms with Gasteiger partial charge < -0.3 is 14.9 Å². The van der Waals surface area contributed by atoms with Gasteiger partial charge in [-0.1, -0.05) is 0 Å². The number of benzene rings is 2. The lowest BCUT2D eigenvalue weighted by atomic mass is 10.2. The molecule has 1 fully saturated rings. The fraction of sp³-hybridized carbons (Fsp3) is 0.250. The maximum Gasteiger partial charge on any atom is 0.292 e. The largest absolute Gasteiger partial charge is 0.508 e. The third-order valence-corrected chi connectivity index (χ3v) is 3.97. The fourth-order valence-electron chi connectivity index (χ4n) is 2.77. The van der Waals surface area contributed by atoms with Gasteiger partial charge in [-0.25, -0.2) is 4.39 Å². The van der Waals surface area contributed by atoms with Crippen molar-refractivity contribution in [2.24, 2.45) is 0 Å². The van der Waals surface area contributed by atoms with E-state index in [-0.39, 0.29) is 11.4 Å². The quantitative estimate of drug-likeness (QED) is 0.696. The Morgan fingerprint density at radius 2 is 1.61 bits per heavy atom. The molecule has 1 aliphatic heterocycles. The molecule has 1 saturated heterocycles. The molecule has 0 aliphatic carbocycles. The molecule has 1 N–H and O–H groups in total. The Morgan fingerprint density at radius 1 is 1.00 bits per heavy atom. The number of nitro groups is 1. The molecule has 120 valence electrons. The average molecular weight is 317 g/mol. The predicted octanol–water partition coefficient (Wildman–Crippen LogP) is 2.77. The van der Waals surface area contributed by atoms with E-state index >= 15 is 0 Å². The molecule has 0 aromatic heterocycles. The van der Waals surface area contributed by atoms with Crippen LogP contribution < -0.4 is 9.80 Å². The van der Waals surface area contributed by atoms with Gasteiger partial charge in [-0.2, -0.15) is 0 Å². The highest BCUT2D eigenvalue weighted by molar-refractivity contribution is 5.64. The number of nitrogens with zero attached hydrogens (tertiary/aromatic N) is 3. The van der Waals surface area contributed by atoms with Crippen LogP contribution in [0.4, 0.5) is 21.5 Å². The van der Waals surface area contributed by atoms with Crippen LogP contribution in [0.5, 0.6) is 5.75 Å². The average Bonchev–Trinajstić information content (AvgIpc) is 2.55. The SMILES string of the molecule is O=[N+]([O-])c1ccc(F)cc1N1CCN(c2ccc(O)cc2)CC1. The van der Waals surface area contributed by atoms with Crippen LogP contribution in [0.3, 0.4) is 0 Å². The van der Waals surface area contributed by atoms with Gasteiger partial charge in [-0.3, -0.25) is 10.1 Å². The Bertz CT molecular complexity index is 713. The van der Waals surface area contributed by atoms with E-state index in [2.05, 4.69) is 4.90 Å². The van der Waals surface area contributed by atoms with Gasteiger partial charge in [0.15, 0.2) is 0 Å². The first kappa shape index (κ1) is 15.1. The summed E-state index contributed by atoms with van der Waals surface area (Å²) < 4.78 is 13.5. The van der Waals surface area contributed by atoms with Crippen molar-refractivity contribution < 1.29 is 14.4 Å². The Kier molecular flexibility index (Phi) is 4.01. The zero-order valence-electron chi connectivity index (χ0n) is 12.4. The van der Waals surface area contributed by atoms with Gasteiger partial charge in [0.05, 0.1) is 4.92 Å². The molecule has 0 bridgehead atoms. The highest BCUT2D eigenvalue weighted by Gasteiger charge is 2.24. The molecule has 0 amide bonds. The summed E-state index contributed by atoms with van der Waals surface area (Å²) in [5.41, 5.74) is 1.22. The minimum atomic E-state index is -0.485. The first-order valence-electron chi connectivity index (χ1n) is 7.27. The van der Waals surface area contributed by atoms with Crippen LogP contribution in [0.1, 0.15) is 0 Å². The number of phenolic OH excluding ortho intramolecular Hbond substituents is 1. The predicted molar refractivity (Wildman–Crippen MR) is 85.6 cm³/mol. The second-order valence-electron chi connectivity index (χ2n) is 5.38. The molecule has 7 heteroatoms. The normalized spacial score (nSPS) is 14.8. The van der Waals surface area contributed by atoms with E-state index in [9.17, 15) is 19.6 Å². The maximum atomic E-state index is 13.5. The molecule has 2 aromatic carbocycles. The van der Waals surface area contributed by atoms with Crippen LogP contribution in [0.25, 0.3) is 0 Å². The number of hydrogen-bond donors (Lipinski definition) is 1. The van der Waals surface area contributed by atoms with Crippen molar-refractivity contribution in [3.63, 3.8) is 0 Å². The molecular formula is C16H16FN3O3. The van der Waals surface area contributed by atoms with E-state index in [1.54, 1.807) is 12.1 Å². The number of piperazine rings is 1. The highest BCUT2D eigenvalue weighted by atomic mass is 19.1. The Morgan fingerprint density at radius 3 is 2.22 bits per heavy atom. The topological polar surface area (TPSA) is 69.9 Å². The summed E-state index contributed by atoms with van der Waals surface area (Å²) >= 11 is 0. The summed E-state index contributed by atoms with van der Waals surface area (Å²) in [5.74, 6) is -0.269. The molecule has 0 radical (unpaired) electrons. The number of hydrogen-bond acceptors (Lipinski definition) is 5. The lowest BCUT2D eigenvalue weighted by Crippen LogP contribution is -2.46. The minimum absolute atomic E-state index is 0.0792. The maximum absolute atomic E-state index is 13.5. The van der Waals surface area contributed by atoms with Crippen molar-refractivity contribution in [2.45, 2.75) is 0 Å². The van der Waals surface area contributed by atoms with E-state index in [0.717, 1.165) is 11.8 Å². The zero-order chi connectivity index (χ0) is 16.4. The number of nitro benzene ring substituents is 1. The first-order chi connectivity index (χ1) is 11.0. The number of halogens is 1. The summed E-state index contributed by atoms with van der Waals surface area (Å²) in [4.78, 5) is 14.6. The van der Waals surface area contributed by atoms with Gasteiger partial charge in [-0.15, -0.1) is 0 Å². The monoisotopic (exact) mass is 317 g/mol. The van der Waals surface area contributed by atoms with Gasteiger partial charge in [0.1, 0.15) is 17.3 Å². The van der Waals surface area contributed by atoms with E-state index in [0.29, 0.717) is 31.9 Å². The molecule has 0 unspecified atom stereocenters. The minimum Gasteiger partial charge on any atom is -0.508 e. The molecule has 3 rings (SSSR count). The number of rotatable bonds is 3. The van der Waals surface area contributed by atoms with Crippen LogP contribution in [0.2, 0.25) is 0 Å². The molecule has 2 aromatic rings. The second-order valence-corrected chi connectivity index (χ2v) is 5.38. The number of aromatic hydroxyl groups is 1. The standard InChI is InChI=1S/C16H16FN3O3/c17-12-1-6-15(20(22)23)16(11-12)19-9-7-18(8-10-19)13-2-4-14(21)5-3-13/h1-6,11,21H,7-10H2. The molecule has 0 spiro atoms. The van der Waals surface area contributed by atoms with E-state index in [1.165, 1.54) is 12.1 Å². The molecule has 6 nitrogen and oxygen atoms in total. The molecule has 1 aliphatic rings. The van der Waals surface area contributed by atoms with Crippen LogP contribution >= 0.6 is 0 Å². The third kappa shape index (κ3) is 3.18. The highest BCUT2D eigenvalue weighted by Crippen LogP contribution is 2.30. The van der Waals surface area contributed by atoms with Crippen LogP contribution in [0, 0.1) is 15.9 Å². The molecule has 0 atom stereocenters. The summed E-state index contributed by atoms with van der Waals surface area (Å²) in [7, 11) is 0. The Labute approximate surface area is 132 Å². The van der Waals surface area contributed by atoms with Crippen molar-refractivity contribution >= 4 is 17.1 Å². The van der Waals surface area contributed by atoms with Crippen LogP contribution in [-0.4, -0.2) is 36.2 Å². The van der Waals surface area contributed by atoms with Gasteiger partial charge in [0, 0.05) is 44.0 Å². The smallest absolute Gasteiger partial charge is 0.292 e. The van der Waals surface area contributed by atoms with Gasteiger partial charge in [0.25, 0.3) is 5.69 Å². The van der Waals surface area contributed by atoms with Gasteiger partial charge in [-0.05, 0) is 30.3 Å². The Balaban J connectivity index is 1.75. The van der Waals surface area contributed by atoms with E-state index in [1.807, 2.05) is 17.0 Å². The third-order valence-electron chi connectivity index (χ3n) is 3.97. The molecular weight excluding hydrogens is 301 g/mol. The van der Waals surface area contributed by atoms with E-state index in [4.69, 9.17) is 0 Å². The van der Waals surface area contributed by atoms with E-state index < -0.39 is 10.7 Å². The number of anilines is 2. The van der Waals surface area contributed by atoms with Crippen LogP contribution in [-0.2, 0) is 0 Å². The lowest BCUT2D eigenvalue weighted by molar-refractivity contribution is -0.384. The summed E-state index contributed by atoms with van der Waals surface area (Å²) in [6, 6.07) is 10.4. The first-order valence-corrected chi connectivity index (χ1v) is 7.27. The van der Waals surface area contributed by atoms with Gasteiger partial charge >= 0.3 is 0 Å². The van der Waals surface area contributed by atoms with Crippen LogP contribution in [0.15, 0.2) is 42.5 Å². The van der Waals surface area contributed by atoms with Crippen molar-refractivity contribution in [1.82, 2.24) is 0 Å². The second kappa shape index (κ2) is 6.12. The zero-order valence-corrected chi connectivity index (χ0v) is 12.4. The molecule has 0 saturated carbocycles. The summed E-state index contributed by atoms with van der Waals surface area (Å²) in [5, 5.41) is 20.4. The van der Waals surface area contributed by atoms with Crippen molar-refractivity contribution in [3.8, 4) is 5.75 Å². The number of phenols is 1. The summed E-state index contributed by atoms with van der Waals surface area (Å²) in [6.45, 7) is 2.45. The molecule has 1 heterocycles. The van der Waals surface area contributed by atoms with Gasteiger partial charge in [0.2, 0.25) is 0 Å². The van der Waals surface area contributed by atoms with Crippen molar-refractivity contribution in [2.75, 3.05) is 36.0 Å².